The third-order valence-electron chi connectivity index (χ3n) is 3.02. The SMILES string of the molecule is CC[C@](C)(CCCNC(=O)S)C(C)O. The van der Waals surface area contributed by atoms with Gasteiger partial charge in [0.2, 0.25) is 0 Å². The van der Waals surface area contributed by atoms with Gasteiger partial charge in [0, 0.05) is 6.54 Å². The molecule has 2 N–H and O–H groups in total. The van der Waals surface area contributed by atoms with Gasteiger partial charge >= 0.3 is 0 Å². The van der Waals surface area contributed by atoms with Gasteiger partial charge in [-0.2, -0.15) is 0 Å². The van der Waals surface area contributed by atoms with Crippen molar-refractivity contribution in [1.82, 2.24) is 5.32 Å². The van der Waals surface area contributed by atoms with E-state index in [4.69, 9.17) is 0 Å². The molecule has 0 aliphatic rings. The minimum atomic E-state index is -0.306. The molecule has 0 saturated heterocycles. The normalized spacial score (nSPS) is 17.2. The Morgan fingerprint density at radius 1 is 1.64 bits per heavy atom. The van der Waals surface area contributed by atoms with E-state index in [0.29, 0.717) is 6.54 Å². The average Bonchev–Trinajstić information content (AvgIpc) is 2.11. The van der Waals surface area contributed by atoms with Crippen LogP contribution in [0.5, 0.6) is 0 Å². The highest BCUT2D eigenvalue weighted by atomic mass is 32.1. The van der Waals surface area contributed by atoms with Gasteiger partial charge in [-0.15, -0.1) is 0 Å². The molecule has 0 saturated carbocycles. The first kappa shape index (κ1) is 13.8. The van der Waals surface area contributed by atoms with E-state index < -0.39 is 0 Å². The standard InChI is InChI=1S/C10H21NO2S/c1-4-10(3,8(2)12)6-5-7-11-9(13)14/h8,12H,4-7H2,1-3H3,(H2,11,13,14)/t8?,10-/m1/s1. The number of aliphatic hydroxyl groups is 1. The first-order valence-corrected chi connectivity index (χ1v) is 5.52. The third kappa shape index (κ3) is 4.86. The number of hydrogen-bond acceptors (Lipinski definition) is 2. The Bertz CT molecular complexity index is 185. The topological polar surface area (TPSA) is 49.3 Å². The van der Waals surface area contributed by atoms with Crippen molar-refractivity contribution in [3.05, 3.63) is 0 Å². The molecule has 1 unspecified atom stereocenters. The van der Waals surface area contributed by atoms with Gasteiger partial charge in [-0.25, -0.2) is 0 Å². The summed E-state index contributed by atoms with van der Waals surface area (Å²) < 4.78 is 0. The zero-order valence-electron chi connectivity index (χ0n) is 9.21. The molecule has 2 atom stereocenters. The lowest BCUT2D eigenvalue weighted by Gasteiger charge is -2.31. The molecule has 14 heavy (non-hydrogen) atoms. The maximum absolute atomic E-state index is 10.5. The van der Waals surface area contributed by atoms with E-state index in [1.807, 2.05) is 6.92 Å². The van der Waals surface area contributed by atoms with Gasteiger partial charge in [0.05, 0.1) is 6.10 Å². The largest absolute Gasteiger partial charge is 0.393 e. The van der Waals surface area contributed by atoms with Crippen molar-refractivity contribution in [2.75, 3.05) is 6.54 Å². The lowest BCUT2D eigenvalue weighted by Crippen LogP contribution is -2.30. The quantitative estimate of drug-likeness (QED) is 0.474. The van der Waals surface area contributed by atoms with E-state index in [-0.39, 0.29) is 16.8 Å². The van der Waals surface area contributed by atoms with Gasteiger partial charge in [0.25, 0.3) is 5.24 Å². The summed E-state index contributed by atoms with van der Waals surface area (Å²) in [4.78, 5) is 10.5. The maximum Gasteiger partial charge on any atom is 0.275 e. The van der Waals surface area contributed by atoms with Gasteiger partial charge in [0.15, 0.2) is 0 Å². The van der Waals surface area contributed by atoms with Gasteiger partial charge in [-0.1, -0.05) is 26.5 Å². The Morgan fingerprint density at radius 2 is 2.21 bits per heavy atom. The average molecular weight is 219 g/mol. The highest BCUT2D eigenvalue weighted by molar-refractivity contribution is 7.96. The number of hydrogen-bond donors (Lipinski definition) is 3. The van der Waals surface area contributed by atoms with Crippen molar-refractivity contribution in [2.24, 2.45) is 5.41 Å². The summed E-state index contributed by atoms with van der Waals surface area (Å²) in [5, 5.41) is 11.9. The van der Waals surface area contributed by atoms with Gasteiger partial charge in [-0.05, 0) is 31.6 Å². The Morgan fingerprint density at radius 3 is 2.57 bits per heavy atom. The van der Waals surface area contributed by atoms with Crippen LogP contribution >= 0.6 is 12.6 Å². The second-order valence-electron chi connectivity index (χ2n) is 4.02. The second kappa shape index (κ2) is 6.30. The van der Waals surface area contributed by atoms with Crippen LogP contribution in [0.2, 0.25) is 0 Å². The molecule has 0 aliphatic carbocycles. The van der Waals surface area contributed by atoms with Crippen LogP contribution in [0.3, 0.4) is 0 Å². The third-order valence-corrected chi connectivity index (χ3v) is 3.18. The summed E-state index contributed by atoms with van der Waals surface area (Å²) in [7, 11) is 0. The Labute approximate surface area is 91.7 Å². The number of carbonyl (C=O) groups is 1. The Balaban J connectivity index is 3.79. The number of aliphatic hydroxyl groups excluding tert-OH is 1. The number of nitrogens with one attached hydrogen (secondary N) is 1. The smallest absolute Gasteiger partial charge is 0.275 e. The minimum Gasteiger partial charge on any atom is -0.393 e. The van der Waals surface area contributed by atoms with Crippen LogP contribution in [0.1, 0.15) is 40.0 Å². The van der Waals surface area contributed by atoms with Crippen LogP contribution in [0.4, 0.5) is 4.79 Å². The van der Waals surface area contributed by atoms with Gasteiger partial charge in [0.1, 0.15) is 0 Å². The molecule has 3 nitrogen and oxygen atoms in total. The predicted molar refractivity (Wildman–Crippen MR) is 61.7 cm³/mol. The number of thiol groups is 1. The first-order chi connectivity index (χ1) is 6.42. The monoisotopic (exact) mass is 219 g/mol. The number of amides is 1. The van der Waals surface area contributed by atoms with E-state index >= 15 is 0 Å². The fourth-order valence-electron chi connectivity index (χ4n) is 1.37. The summed E-state index contributed by atoms with van der Waals surface area (Å²) in [6.07, 6.45) is 2.43. The van der Waals surface area contributed by atoms with Crippen molar-refractivity contribution in [1.29, 1.82) is 0 Å². The van der Waals surface area contributed by atoms with Crippen molar-refractivity contribution in [2.45, 2.75) is 46.1 Å². The van der Waals surface area contributed by atoms with Crippen molar-refractivity contribution in [3.8, 4) is 0 Å². The van der Waals surface area contributed by atoms with Crippen molar-refractivity contribution < 1.29 is 9.90 Å². The highest BCUT2D eigenvalue weighted by Crippen LogP contribution is 2.31. The van der Waals surface area contributed by atoms with Crippen LogP contribution in [0, 0.1) is 5.41 Å². The van der Waals surface area contributed by atoms with Crippen LogP contribution in [0.25, 0.3) is 0 Å². The fourth-order valence-corrected chi connectivity index (χ4v) is 1.48. The van der Waals surface area contributed by atoms with E-state index in [0.717, 1.165) is 19.3 Å². The molecular formula is C10H21NO2S. The minimum absolute atomic E-state index is 0.0404. The molecule has 1 amide bonds. The molecule has 0 radical (unpaired) electrons. The number of carbonyl (C=O) groups excluding carboxylic acids is 1. The van der Waals surface area contributed by atoms with Crippen molar-refractivity contribution in [3.63, 3.8) is 0 Å². The summed E-state index contributed by atoms with van der Waals surface area (Å²) in [6, 6.07) is 0. The van der Waals surface area contributed by atoms with E-state index in [9.17, 15) is 9.90 Å². The van der Waals surface area contributed by atoms with Crippen LogP contribution in [0.15, 0.2) is 0 Å². The Hall–Kier alpha value is -0.220. The molecule has 0 heterocycles. The molecule has 0 bridgehead atoms. The molecule has 0 aromatic rings. The van der Waals surface area contributed by atoms with Crippen LogP contribution in [-0.4, -0.2) is 23.0 Å². The molecule has 4 heteroatoms. The molecule has 84 valence electrons. The molecule has 0 aromatic heterocycles. The molecule has 0 fully saturated rings. The first-order valence-electron chi connectivity index (χ1n) is 5.07. The van der Waals surface area contributed by atoms with Gasteiger partial charge in [-0.3, -0.25) is 4.79 Å². The van der Waals surface area contributed by atoms with E-state index in [2.05, 4.69) is 31.8 Å². The fraction of sp³-hybridized carbons (Fsp3) is 0.900. The summed E-state index contributed by atoms with van der Waals surface area (Å²) in [5.74, 6) is 0. The molecule has 0 aromatic carbocycles. The molecule has 0 aliphatic heterocycles. The Kier molecular flexibility index (Phi) is 6.20. The van der Waals surface area contributed by atoms with Gasteiger partial charge < -0.3 is 10.4 Å². The zero-order valence-corrected chi connectivity index (χ0v) is 10.1. The summed E-state index contributed by atoms with van der Waals surface area (Å²) >= 11 is 3.61. The molecule has 0 spiro atoms. The predicted octanol–water partition coefficient (Wildman–Crippen LogP) is 2.20. The zero-order chi connectivity index (χ0) is 11.2. The maximum atomic E-state index is 10.5. The lowest BCUT2D eigenvalue weighted by atomic mass is 9.78. The molecular weight excluding hydrogens is 198 g/mol. The summed E-state index contributed by atoms with van der Waals surface area (Å²) in [6.45, 7) is 6.59. The van der Waals surface area contributed by atoms with Crippen LogP contribution in [-0.2, 0) is 0 Å². The molecule has 0 rings (SSSR count). The number of rotatable bonds is 6. The highest BCUT2D eigenvalue weighted by Gasteiger charge is 2.26. The summed E-state index contributed by atoms with van der Waals surface area (Å²) in [5.41, 5.74) is -0.0404. The second-order valence-corrected chi connectivity index (χ2v) is 4.43. The van der Waals surface area contributed by atoms with Crippen molar-refractivity contribution >= 4 is 17.9 Å². The van der Waals surface area contributed by atoms with Crippen LogP contribution < -0.4 is 5.32 Å². The lowest BCUT2D eigenvalue weighted by molar-refractivity contribution is 0.0411. The van der Waals surface area contributed by atoms with E-state index in [1.54, 1.807) is 0 Å². The van der Waals surface area contributed by atoms with E-state index in [1.165, 1.54) is 0 Å².